The zero-order chi connectivity index (χ0) is 15.2. The second-order valence-electron chi connectivity index (χ2n) is 5.50. The third-order valence-electron chi connectivity index (χ3n) is 4.13. The minimum Gasteiger partial charge on any atom is -0.394 e. The Hall–Kier alpha value is -0.620. The van der Waals surface area contributed by atoms with Crippen LogP contribution in [-0.2, 0) is 4.74 Å². The Balaban J connectivity index is 1.97. The quantitative estimate of drug-likeness (QED) is 0.822. The number of aliphatic hydroxyl groups excluding tert-OH is 1. The molecule has 1 fully saturated rings. The molecule has 21 heavy (non-hydrogen) atoms. The van der Waals surface area contributed by atoms with Crippen LogP contribution >= 0.6 is 15.9 Å². The maximum absolute atomic E-state index is 8.81. The van der Waals surface area contributed by atoms with Crippen LogP contribution in [0.1, 0.15) is 31.4 Å². The average molecular weight is 357 g/mol. The van der Waals surface area contributed by atoms with Crippen LogP contribution in [0.3, 0.4) is 0 Å². The first-order valence-corrected chi connectivity index (χ1v) is 8.39. The van der Waals surface area contributed by atoms with Crippen molar-refractivity contribution in [3.05, 3.63) is 28.2 Å². The smallest absolute Gasteiger partial charge is 0.0701 e. The van der Waals surface area contributed by atoms with E-state index in [1.54, 1.807) is 0 Å². The predicted molar refractivity (Wildman–Crippen MR) is 89.9 cm³/mol. The number of anilines is 1. The summed E-state index contributed by atoms with van der Waals surface area (Å²) in [7, 11) is 1.98. The Labute approximate surface area is 135 Å². The lowest BCUT2D eigenvalue weighted by molar-refractivity contribution is 0.0159. The summed E-state index contributed by atoms with van der Waals surface area (Å²) in [5.74, 6) is 0. The molecule has 1 aromatic rings. The van der Waals surface area contributed by atoms with Crippen LogP contribution in [0.15, 0.2) is 22.7 Å². The normalized spacial score (nSPS) is 18.0. The molecule has 1 saturated heterocycles. The van der Waals surface area contributed by atoms with Gasteiger partial charge in [0.1, 0.15) is 0 Å². The lowest BCUT2D eigenvalue weighted by atomic mass is 10.0. The van der Waals surface area contributed by atoms with Crippen molar-refractivity contribution in [3.63, 3.8) is 0 Å². The number of rotatable bonds is 6. The molecule has 0 saturated carbocycles. The fourth-order valence-corrected chi connectivity index (χ4v) is 3.35. The van der Waals surface area contributed by atoms with Gasteiger partial charge in [-0.15, -0.1) is 0 Å². The molecular formula is C16H25BrN2O2. The summed E-state index contributed by atoms with van der Waals surface area (Å²) in [5, 5.41) is 12.1. The first-order chi connectivity index (χ1) is 10.2. The molecule has 1 atom stereocenters. The van der Waals surface area contributed by atoms with E-state index in [1.165, 1.54) is 11.3 Å². The van der Waals surface area contributed by atoms with E-state index >= 15 is 0 Å². The first kappa shape index (κ1) is 16.7. The molecule has 0 aromatic heterocycles. The van der Waals surface area contributed by atoms with Crippen LogP contribution in [0.5, 0.6) is 0 Å². The van der Waals surface area contributed by atoms with Gasteiger partial charge in [-0.05, 0) is 60.4 Å². The van der Waals surface area contributed by atoms with E-state index in [0.29, 0.717) is 12.6 Å². The minimum absolute atomic E-state index is 0.108. The molecule has 2 N–H and O–H groups in total. The SMILES string of the molecule is CNC(C)c1ccc(N2CCC(OCCO)CC2)c(Br)c1. The summed E-state index contributed by atoms with van der Waals surface area (Å²) < 4.78 is 6.76. The highest BCUT2D eigenvalue weighted by Gasteiger charge is 2.21. The summed E-state index contributed by atoms with van der Waals surface area (Å²) >= 11 is 3.70. The van der Waals surface area contributed by atoms with Crippen molar-refractivity contribution >= 4 is 21.6 Å². The number of piperidine rings is 1. The molecular weight excluding hydrogens is 332 g/mol. The number of halogens is 1. The Morgan fingerprint density at radius 1 is 1.43 bits per heavy atom. The molecule has 0 spiro atoms. The zero-order valence-electron chi connectivity index (χ0n) is 12.8. The van der Waals surface area contributed by atoms with Gasteiger partial charge in [0.25, 0.3) is 0 Å². The number of aliphatic hydroxyl groups is 1. The number of ether oxygens (including phenoxy) is 1. The summed E-state index contributed by atoms with van der Waals surface area (Å²) in [4.78, 5) is 2.40. The van der Waals surface area contributed by atoms with Crippen LogP contribution in [0.2, 0.25) is 0 Å². The highest BCUT2D eigenvalue weighted by atomic mass is 79.9. The van der Waals surface area contributed by atoms with Crippen LogP contribution in [0.25, 0.3) is 0 Å². The van der Waals surface area contributed by atoms with Gasteiger partial charge in [0.2, 0.25) is 0 Å². The monoisotopic (exact) mass is 356 g/mol. The third kappa shape index (κ3) is 4.42. The fourth-order valence-electron chi connectivity index (χ4n) is 2.70. The van der Waals surface area contributed by atoms with Crippen LogP contribution < -0.4 is 10.2 Å². The Kier molecular flexibility index (Phi) is 6.48. The number of hydrogen-bond donors (Lipinski definition) is 2. The number of nitrogens with zero attached hydrogens (tertiary/aromatic N) is 1. The Bertz CT molecular complexity index is 448. The predicted octanol–water partition coefficient (Wildman–Crippen LogP) is 2.71. The fraction of sp³-hybridized carbons (Fsp3) is 0.625. The van der Waals surface area contributed by atoms with Crippen molar-refractivity contribution in [2.45, 2.75) is 31.9 Å². The summed E-state index contributed by atoms with van der Waals surface area (Å²) in [6.07, 6.45) is 2.32. The number of nitrogens with one attached hydrogen (secondary N) is 1. The molecule has 1 unspecified atom stereocenters. The maximum atomic E-state index is 8.81. The van der Waals surface area contributed by atoms with E-state index in [-0.39, 0.29) is 12.7 Å². The van der Waals surface area contributed by atoms with Crippen molar-refractivity contribution in [3.8, 4) is 0 Å². The topological polar surface area (TPSA) is 44.7 Å². The van der Waals surface area contributed by atoms with E-state index in [0.717, 1.165) is 30.4 Å². The van der Waals surface area contributed by atoms with E-state index in [4.69, 9.17) is 9.84 Å². The van der Waals surface area contributed by atoms with Gasteiger partial charge in [-0.1, -0.05) is 6.07 Å². The Morgan fingerprint density at radius 3 is 2.71 bits per heavy atom. The zero-order valence-corrected chi connectivity index (χ0v) is 14.4. The summed E-state index contributed by atoms with van der Waals surface area (Å²) in [6.45, 7) is 4.71. The second-order valence-corrected chi connectivity index (χ2v) is 6.36. The number of benzene rings is 1. The highest BCUT2D eigenvalue weighted by molar-refractivity contribution is 9.10. The molecule has 5 heteroatoms. The lowest BCUT2D eigenvalue weighted by Gasteiger charge is -2.34. The van der Waals surface area contributed by atoms with Crippen molar-refractivity contribution in [1.29, 1.82) is 0 Å². The standard InChI is InChI=1S/C16H25BrN2O2/c1-12(18-2)13-3-4-16(15(17)11-13)19-7-5-14(6-8-19)21-10-9-20/h3-4,11-12,14,18,20H,5-10H2,1-2H3. The van der Waals surface area contributed by atoms with Gasteiger partial charge in [-0.25, -0.2) is 0 Å². The largest absolute Gasteiger partial charge is 0.394 e. The molecule has 1 aliphatic heterocycles. The Morgan fingerprint density at radius 2 is 2.14 bits per heavy atom. The van der Waals surface area contributed by atoms with Crippen LogP contribution in [-0.4, -0.2) is 44.6 Å². The summed E-state index contributed by atoms with van der Waals surface area (Å²) in [5.41, 5.74) is 2.54. The minimum atomic E-state index is 0.108. The molecule has 1 heterocycles. The molecule has 118 valence electrons. The van der Waals surface area contributed by atoms with Gasteiger partial charge < -0.3 is 20.1 Å². The van der Waals surface area contributed by atoms with Crippen molar-refractivity contribution in [2.24, 2.45) is 0 Å². The van der Waals surface area contributed by atoms with E-state index in [1.807, 2.05) is 7.05 Å². The first-order valence-electron chi connectivity index (χ1n) is 7.59. The van der Waals surface area contributed by atoms with Gasteiger partial charge in [0.05, 0.1) is 25.0 Å². The lowest BCUT2D eigenvalue weighted by Crippen LogP contribution is -2.37. The molecule has 2 rings (SSSR count). The van der Waals surface area contributed by atoms with Gasteiger partial charge in [-0.2, -0.15) is 0 Å². The van der Waals surface area contributed by atoms with Gasteiger partial charge in [0, 0.05) is 23.6 Å². The molecule has 0 radical (unpaired) electrons. The van der Waals surface area contributed by atoms with E-state index < -0.39 is 0 Å². The van der Waals surface area contributed by atoms with Crippen LogP contribution in [0, 0.1) is 0 Å². The van der Waals surface area contributed by atoms with E-state index in [9.17, 15) is 0 Å². The molecule has 1 aliphatic rings. The molecule has 4 nitrogen and oxygen atoms in total. The molecule has 1 aromatic carbocycles. The van der Waals surface area contributed by atoms with E-state index in [2.05, 4.69) is 51.3 Å². The van der Waals surface area contributed by atoms with Crippen molar-refractivity contribution in [1.82, 2.24) is 5.32 Å². The maximum Gasteiger partial charge on any atom is 0.0701 e. The average Bonchev–Trinajstić information content (AvgIpc) is 2.52. The van der Waals surface area contributed by atoms with Gasteiger partial charge in [0.15, 0.2) is 0 Å². The van der Waals surface area contributed by atoms with Crippen molar-refractivity contribution < 1.29 is 9.84 Å². The van der Waals surface area contributed by atoms with Crippen molar-refractivity contribution in [2.75, 3.05) is 38.3 Å². The third-order valence-corrected chi connectivity index (χ3v) is 4.77. The molecule has 0 bridgehead atoms. The van der Waals surface area contributed by atoms with Gasteiger partial charge >= 0.3 is 0 Å². The van der Waals surface area contributed by atoms with Gasteiger partial charge in [-0.3, -0.25) is 0 Å². The summed E-state index contributed by atoms with van der Waals surface area (Å²) in [6, 6.07) is 6.94. The number of hydrogen-bond acceptors (Lipinski definition) is 4. The second kappa shape index (κ2) is 8.13. The van der Waals surface area contributed by atoms with Crippen LogP contribution in [0.4, 0.5) is 5.69 Å². The highest BCUT2D eigenvalue weighted by Crippen LogP contribution is 2.31. The molecule has 0 aliphatic carbocycles. The molecule has 0 amide bonds.